The zero-order valence-electron chi connectivity index (χ0n) is 19.8. The van der Waals surface area contributed by atoms with E-state index in [1.807, 2.05) is 39.0 Å². The number of piperazine rings is 1. The lowest BCUT2D eigenvalue weighted by Crippen LogP contribution is -2.48. The van der Waals surface area contributed by atoms with Crippen molar-refractivity contribution in [2.45, 2.75) is 32.7 Å². The van der Waals surface area contributed by atoms with Gasteiger partial charge in [0.2, 0.25) is 0 Å². The van der Waals surface area contributed by atoms with Crippen molar-refractivity contribution in [3.8, 4) is 0 Å². The van der Waals surface area contributed by atoms with Crippen LogP contribution in [0.5, 0.6) is 0 Å². The number of aromatic nitrogens is 5. The molecule has 1 saturated heterocycles. The summed E-state index contributed by atoms with van der Waals surface area (Å²) in [6.07, 6.45) is 0.836. The molecule has 1 aliphatic rings. The number of pyridine rings is 1. The van der Waals surface area contributed by atoms with Gasteiger partial charge in [-0.2, -0.15) is 0 Å². The smallest absolute Gasteiger partial charge is 0.407 e. The fourth-order valence-electron chi connectivity index (χ4n) is 4.40. The number of carbonyl (C=O) groups is 1. The van der Waals surface area contributed by atoms with Crippen LogP contribution in [0, 0.1) is 0 Å². The maximum absolute atomic E-state index is 13.9. The summed E-state index contributed by atoms with van der Waals surface area (Å²) in [6, 6.07) is 9.32. The number of fused-ring (bicyclic) bond motifs is 3. The zero-order chi connectivity index (χ0) is 24.9. The molecule has 1 amide bonds. The number of halogens is 1. The molecular weight excluding hydrogens is 470 g/mol. The van der Waals surface area contributed by atoms with Gasteiger partial charge in [0.25, 0.3) is 0 Å². The van der Waals surface area contributed by atoms with Crippen molar-refractivity contribution in [2.75, 3.05) is 31.1 Å². The molecular formula is C24H26ClN7O3. The molecule has 1 N–H and O–H groups in total. The first kappa shape index (κ1) is 23.1. The lowest BCUT2D eigenvalue weighted by atomic mass is 9.96. The van der Waals surface area contributed by atoms with Crippen LogP contribution in [0.2, 0.25) is 5.02 Å². The molecule has 3 aromatic heterocycles. The molecule has 0 spiro atoms. The fourth-order valence-corrected chi connectivity index (χ4v) is 4.53. The van der Waals surface area contributed by atoms with Crippen molar-refractivity contribution >= 4 is 40.1 Å². The Kier molecular flexibility index (Phi) is 5.63. The number of carboxylic acid groups (broad SMARTS) is 1. The average molecular weight is 496 g/mol. The molecule has 4 heterocycles. The van der Waals surface area contributed by atoms with Crippen LogP contribution in [0.3, 0.4) is 0 Å². The molecule has 5 rings (SSSR count). The number of benzene rings is 1. The van der Waals surface area contributed by atoms with E-state index in [4.69, 9.17) is 16.6 Å². The molecule has 35 heavy (non-hydrogen) atoms. The highest BCUT2D eigenvalue weighted by molar-refractivity contribution is 6.30. The molecule has 0 atom stereocenters. The third-order valence-corrected chi connectivity index (χ3v) is 6.53. The van der Waals surface area contributed by atoms with Gasteiger partial charge in [-0.15, -0.1) is 10.2 Å². The van der Waals surface area contributed by atoms with Crippen LogP contribution in [-0.2, 0) is 12.0 Å². The third-order valence-electron chi connectivity index (χ3n) is 6.28. The summed E-state index contributed by atoms with van der Waals surface area (Å²) in [5.74, 6) is 0.569. The lowest BCUT2D eigenvalue weighted by molar-refractivity contribution is 0.142. The van der Waals surface area contributed by atoms with E-state index in [2.05, 4.69) is 15.1 Å². The van der Waals surface area contributed by atoms with Gasteiger partial charge in [0.05, 0.1) is 23.9 Å². The van der Waals surface area contributed by atoms with Gasteiger partial charge in [-0.3, -0.25) is 4.57 Å². The minimum absolute atomic E-state index is 0.243. The largest absolute Gasteiger partial charge is 0.465 e. The maximum atomic E-state index is 13.9. The highest BCUT2D eigenvalue weighted by Crippen LogP contribution is 2.26. The summed E-state index contributed by atoms with van der Waals surface area (Å²) in [5.41, 5.74) is 2.75. The van der Waals surface area contributed by atoms with E-state index in [1.165, 1.54) is 4.90 Å². The van der Waals surface area contributed by atoms with Crippen molar-refractivity contribution in [3.05, 3.63) is 63.4 Å². The van der Waals surface area contributed by atoms with E-state index in [0.717, 1.165) is 11.3 Å². The predicted molar refractivity (Wildman–Crippen MR) is 134 cm³/mol. The number of amides is 1. The monoisotopic (exact) mass is 495 g/mol. The first-order valence-electron chi connectivity index (χ1n) is 11.4. The normalized spacial score (nSPS) is 14.7. The van der Waals surface area contributed by atoms with Crippen LogP contribution in [0.25, 0.3) is 16.7 Å². The van der Waals surface area contributed by atoms with Gasteiger partial charge >= 0.3 is 11.8 Å². The summed E-state index contributed by atoms with van der Waals surface area (Å²) < 4.78 is 3.24. The van der Waals surface area contributed by atoms with Gasteiger partial charge in [-0.25, -0.2) is 19.0 Å². The van der Waals surface area contributed by atoms with Crippen molar-refractivity contribution in [1.82, 2.24) is 29.0 Å². The van der Waals surface area contributed by atoms with Crippen LogP contribution in [0.4, 0.5) is 10.5 Å². The zero-order valence-corrected chi connectivity index (χ0v) is 20.5. The third kappa shape index (κ3) is 4.18. The molecule has 0 saturated carbocycles. The first-order chi connectivity index (χ1) is 16.6. The second kappa shape index (κ2) is 8.53. The molecule has 0 radical (unpaired) electrons. The SMILES string of the molecule is CC(C)(C)c1nnc2c3ncc(N4CCN(C(=O)O)CC4)cc3n(Cc3ccc(Cl)cc3)c(=O)n12. The van der Waals surface area contributed by atoms with Gasteiger partial charge in [-0.05, 0) is 23.8 Å². The predicted octanol–water partition coefficient (Wildman–Crippen LogP) is 3.24. The van der Waals surface area contributed by atoms with Crippen LogP contribution in [0.15, 0.2) is 41.3 Å². The summed E-state index contributed by atoms with van der Waals surface area (Å²) in [4.78, 5) is 33.3. The van der Waals surface area contributed by atoms with E-state index >= 15 is 0 Å². The van der Waals surface area contributed by atoms with Crippen LogP contribution in [0.1, 0.15) is 32.2 Å². The number of nitrogens with zero attached hydrogens (tertiary/aromatic N) is 7. The quantitative estimate of drug-likeness (QED) is 0.464. The molecule has 10 nitrogen and oxygen atoms in total. The number of hydrogen-bond donors (Lipinski definition) is 1. The molecule has 1 fully saturated rings. The van der Waals surface area contributed by atoms with E-state index in [0.29, 0.717) is 60.3 Å². The van der Waals surface area contributed by atoms with Crippen molar-refractivity contribution in [1.29, 1.82) is 0 Å². The topological polar surface area (TPSA) is 109 Å². The minimum atomic E-state index is -0.915. The summed E-state index contributed by atoms with van der Waals surface area (Å²) in [5, 5.41) is 18.6. The van der Waals surface area contributed by atoms with Crippen molar-refractivity contribution in [2.24, 2.45) is 0 Å². The van der Waals surface area contributed by atoms with Gasteiger partial charge in [0.15, 0.2) is 5.65 Å². The Bertz CT molecular complexity index is 1480. The number of rotatable bonds is 3. The van der Waals surface area contributed by atoms with E-state index in [-0.39, 0.29) is 5.69 Å². The molecule has 0 bridgehead atoms. The second-order valence-electron chi connectivity index (χ2n) is 9.75. The Morgan fingerprint density at radius 2 is 1.77 bits per heavy atom. The Hall–Kier alpha value is -3.66. The van der Waals surface area contributed by atoms with Gasteiger partial charge in [-0.1, -0.05) is 44.5 Å². The fraction of sp³-hybridized carbons (Fsp3) is 0.375. The summed E-state index contributed by atoms with van der Waals surface area (Å²) in [6.45, 7) is 8.19. The lowest BCUT2D eigenvalue weighted by Gasteiger charge is -2.34. The van der Waals surface area contributed by atoms with Crippen molar-refractivity contribution in [3.63, 3.8) is 0 Å². The molecule has 1 aromatic carbocycles. The Morgan fingerprint density at radius 1 is 1.09 bits per heavy atom. The average Bonchev–Trinajstić information content (AvgIpc) is 3.29. The Labute approximate surface area is 206 Å². The van der Waals surface area contributed by atoms with Crippen LogP contribution < -0.4 is 10.6 Å². The molecule has 0 aliphatic carbocycles. The molecule has 4 aromatic rings. The summed E-state index contributed by atoms with van der Waals surface area (Å²) in [7, 11) is 0. The standard InChI is InChI=1S/C24H26ClN7O3/c1-24(2,3)21-28-27-20-19-18(12-17(13-26-19)29-8-10-30(11-9-29)23(34)35)31(22(33)32(20)21)14-15-4-6-16(25)7-5-15/h4-7,12-13H,8-11,14H2,1-3H3,(H,34,35). The molecule has 182 valence electrons. The highest BCUT2D eigenvalue weighted by atomic mass is 35.5. The first-order valence-corrected chi connectivity index (χ1v) is 11.8. The highest BCUT2D eigenvalue weighted by Gasteiger charge is 2.26. The molecule has 1 aliphatic heterocycles. The number of anilines is 1. The van der Waals surface area contributed by atoms with E-state index < -0.39 is 11.5 Å². The van der Waals surface area contributed by atoms with Gasteiger partial charge in [0, 0.05) is 36.6 Å². The Morgan fingerprint density at radius 3 is 2.40 bits per heavy atom. The maximum Gasteiger partial charge on any atom is 0.407 e. The van der Waals surface area contributed by atoms with Crippen molar-refractivity contribution < 1.29 is 9.90 Å². The minimum Gasteiger partial charge on any atom is -0.465 e. The molecule has 0 unspecified atom stereocenters. The van der Waals surface area contributed by atoms with Gasteiger partial charge < -0.3 is 14.9 Å². The number of hydrogen-bond acceptors (Lipinski definition) is 6. The van der Waals surface area contributed by atoms with E-state index in [9.17, 15) is 14.7 Å². The second-order valence-corrected chi connectivity index (χ2v) is 10.2. The molecule has 11 heteroatoms. The van der Waals surface area contributed by atoms with Gasteiger partial charge in [0.1, 0.15) is 11.3 Å². The summed E-state index contributed by atoms with van der Waals surface area (Å²) >= 11 is 6.07. The van der Waals surface area contributed by atoms with Crippen LogP contribution in [-0.4, -0.2) is 66.4 Å². The van der Waals surface area contributed by atoms with E-state index in [1.54, 1.807) is 27.3 Å². The van der Waals surface area contributed by atoms with Crippen LogP contribution >= 0.6 is 11.6 Å². The Balaban J connectivity index is 1.68.